The molecule has 1 N–H and O–H groups in total. The van der Waals surface area contributed by atoms with E-state index in [-0.39, 0.29) is 18.6 Å². The summed E-state index contributed by atoms with van der Waals surface area (Å²) >= 11 is 0. The van der Waals surface area contributed by atoms with Gasteiger partial charge in [0.1, 0.15) is 5.75 Å². The van der Waals surface area contributed by atoms with Crippen molar-refractivity contribution in [2.24, 2.45) is 0 Å². The number of rotatable bonds is 6. The first-order valence-corrected chi connectivity index (χ1v) is 8.05. The van der Waals surface area contributed by atoms with Crippen LogP contribution in [0.25, 0.3) is 0 Å². The fourth-order valence-electron chi connectivity index (χ4n) is 2.64. The van der Waals surface area contributed by atoms with Crippen LogP contribution >= 0.6 is 0 Å². The van der Waals surface area contributed by atoms with Gasteiger partial charge in [-0.05, 0) is 50.5 Å². The molecular weight excluding hydrogens is 286 g/mol. The lowest BCUT2D eigenvalue weighted by molar-refractivity contribution is -0.123. The molecule has 0 aromatic heterocycles. The number of carbonyl (C=O) groups is 1. The maximum Gasteiger partial charge on any atom is 0.258 e. The number of carbonyl (C=O) groups excluding carboxylic acids is 1. The number of amides is 1. The van der Waals surface area contributed by atoms with Crippen molar-refractivity contribution in [3.05, 3.63) is 64.7 Å². The van der Waals surface area contributed by atoms with E-state index in [0.29, 0.717) is 5.75 Å². The van der Waals surface area contributed by atoms with E-state index in [1.54, 1.807) is 0 Å². The summed E-state index contributed by atoms with van der Waals surface area (Å²) in [6.07, 6.45) is 0.847. The van der Waals surface area contributed by atoms with Crippen molar-refractivity contribution < 1.29 is 9.53 Å². The molecule has 2 rings (SSSR count). The number of hydrogen-bond donors (Lipinski definition) is 1. The van der Waals surface area contributed by atoms with Gasteiger partial charge in [0.15, 0.2) is 6.61 Å². The first-order valence-electron chi connectivity index (χ1n) is 8.05. The molecule has 1 amide bonds. The lowest BCUT2D eigenvalue weighted by Crippen LogP contribution is -2.32. The predicted molar refractivity (Wildman–Crippen MR) is 93.8 cm³/mol. The molecule has 0 fully saturated rings. The molecule has 23 heavy (non-hydrogen) atoms. The molecule has 1 atom stereocenters. The number of benzene rings is 2. The highest BCUT2D eigenvalue weighted by atomic mass is 16.5. The lowest BCUT2D eigenvalue weighted by Gasteiger charge is -2.20. The zero-order valence-electron chi connectivity index (χ0n) is 14.3. The van der Waals surface area contributed by atoms with Crippen LogP contribution in [0.2, 0.25) is 0 Å². The maximum absolute atomic E-state index is 12.2. The monoisotopic (exact) mass is 311 g/mol. The highest BCUT2D eigenvalue weighted by Gasteiger charge is 2.15. The predicted octanol–water partition coefficient (Wildman–Crippen LogP) is 4.26. The number of hydrogen-bond acceptors (Lipinski definition) is 2. The van der Waals surface area contributed by atoms with Gasteiger partial charge in [0.25, 0.3) is 5.91 Å². The quantitative estimate of drug-likeness (QED) is 0.865. The van der Waals surface area contributed by atoms with Gasteiger partial charge in [0.2, 0.25) is 0 Å². The highest BCUT2D eigenvalue weighted by Crippen LogP contribution is 2.21. The van der Waals surface area contributed by atoms with Crippen LogP contribution < -0.4 is 10.1 Å². The van der Waals surface area contributed by atoms with Gasteiger partial charge in [0.05, 0.1) is 6.04 Å². The molecule has 0 saturated carbocycles. The second kappa shape index (κ2) is 7.82. The number of nitrogens with one attached hydrogen (secondary N) is 1. The van der Waals surface area contributed by atoms with Crippen LogP contribution in [0.15, 0.2) is 42.5 Å². The molecule has 3 nitrogen and oxygen atoms in total. The molecule has 3 heteroatoms. The highest BCUT2D eigenvalue weighted by molar-refractivity contribution is 5.78. The van der Waals surface area contributed by atoms with Gasteiger partial charge in [0, 0.05) is 0 Å². The summed E-state index contributed by atoms with van der Waals surface area (Å²) in [6, 6.07) is 14.0. The number of aryl methyl sites for hydroxylation is 3. The van der Waals surface area contributed by atoms with Crippen molar-refractivity contribution in [1.82, 2.24) is 5.32 Å². The fraction of sp³-hybridized carbons (Fsp3) is 0.350. The Balaban J connectivity index is 1.95. The van der Waals surface area contributed by atoms with E-state index in [4.69, 9.17) is 4.74 Å². The zero-order chi connectivity index (χ0) is 16.8. The van der Waals surface area contributed by atoms with Gasteiger partial charge in [-0.15, -0.1) is 0 Å². The second-order valence-electron chi connectivity index (χ2n) is 5.99. The maximum atomic E-state index is 12.2. The molecule has 0 spiro atoms. The molecular formula is C20H25NO2. The van der Waals surface area contributed by atoms with Gasteiger partial charge in [-0.25, -0.2) is 0 Å². The SMILES string of the molecule is CC[C@H](NC(=O)COc1ccc(C)cc1)c1ccc(C)cc1C. The van der Waals surface area contributed by atoms with Crippen LogP contribution in [-0.2, 0) is 4.79 Å². The summed E-state index contributed by atoms with van der Waals surface area (Å²) in [5.74, 6) is 0.614. The van der Waals surface area contributed by atoms with Gasteiger partial charge in [-0.3, -0.25) is 4.79 Å². The Hall–Kier alpha value is -2.29. The van der Waals surface area contributed by atoms with Crippen LogP contribution in [0.1, 0.15) is 41.6 Å². The van der Waals surface area contributed by atoms with Crippen molar-refractivity contribution in [2.75, 3.05) is 6.61 Å². The van der Waals surface area contributed by atoms with E-state index < -0.39 is 0 Å². The van der Waals surface area contributed by atoms with Gasteiger partial charge < -0.3 is 10.1 Å². The minimum atomic E-state index is -0.0996. The molecule has 2 aromatic rings. The Morgan fingerprint density at radius 3 is 2.30 bits per heavy atom. The summed E-state index contributed by atoms with van der Waals surface area (Å²) in [7, 11) is 0. The lowest BCUT2D eigenvalue weighted by atomic mass is 9.97. The first-order chi connectivity index (χ1) is 11.0. The molecule has 2 aromatic carbocycles. The Labute approximate surface area is 138 Å². The zero-order valence-corrected chi connectivity index (χ0v) is 14.3. The standard InChI is InChI=1S/C20H25NO2/c1-5-19(18-11-8-15(3)12-16(18)4)21-20(22)13-23-17-9-6-14(2)7-10-17/h6-12,19H,5,13H2,1-4H3,(H,21,22)/t19-/m0/s1. The smallest absolute Gasteiger partial charge is 0.258 e. The average molecular weight is 311 g/mol. The van der Waals surface area contributed by atoms with Crippen LogP contribution in [0.4, 0.5) is 0 Å². The Bertz CT molecular complexity index is 662. The fourth-order valence-corrected chi connectivity index (χ4v) is 2.64. The summed E-state index contributed by atoms with van der Waals surface area (Å²) < 4.78 is 5.54. The topological polar surface area (TPSA) is 38.3 Å². The molecule has 0 saturated heterocycles. The largest absolute Gasteiger partial charge is 0.484 e. The molecule has 0 radical (unpaired) electrons. The summed E-state index contributed by atoms with van der Waals surface area (Å²) in [6.45, 7) is 8.29. The second-order valence-corrected chi connectivity index (χ2v) is 5.99. The summed E-state index contributed by atoms with van der Waals surface area (Å²) in [4.78, 5) is 12.2. The third-order valence-corrected chi connectivity index (χ3v) is 3.94. The van der Waals surface area contributed by atoms with E-state index in [2.05, 4.69) is 44.3 Å². The Kier molecular flexibility index (Phi) is 5.80. The van der Waals surface area contributed by atoms with Crippen LogP contribution in [0.3, 0.4) is 0 Å². The molecule has 0 aliphatic rings. The van der Waals surface area contributed by atoms with Crippen molar-refractivity contribution in [3.63, 3.8) is 0 Å². The third-order valence-electron chi connectivity index (χ3n) is 3.94. The summed E-state index contributed by atoms with van der Waals surface area (Å²) in [5.41, 5.74) is 4.77. The number of ether oxygens (including phenoxy) is 1. The molecule has 0 bridgehead atoms. The Morgan fingerprint density at radius 2 is 1.70 bits per heavy atom. The van der Waals surface area contributed by atoms with E-state index in [0.717, 1.165) is 6.42 Å². The average Bonchev–Trinajstić information content (AvgIpc) is 2.52. The first kappa shape index (κ1) is 17.1. The minimum absolute atomic E-state index is 0.0183. The van der Waals surface area contributed by atoms with Crippen LogP contribution in [0.5, 0.6) is 5.75 Å². The van der Waals surface area contributed by atoms with Crippen molar-refractivity contribution >= 4 is 5.91 Å². The molecule has 122 valence electrons. The van der Waals surface area contributed by atoms with Crippen molar-refractivity contribution in [3.8, 4) is 5.75 Å². The van der Waals surface area contributed by atoms with Gasteiger partial charge in [-0.1, -0.05) is 48.4 Å². The molecule has 0 heterocycles. The third kappa shape index (κ3) is 4.85. The van der Waals surface area contributed by atoms with Crippen LogP contribution in [0, 0.1) is 20.8 Å². The van der Waals surface area contributed by atoms with E-state index in [9.17, 15) is 4.79 Å². The minimum Gasteiger partial charge on any atom is -0.484 e. The van der Waals surface area contributed by atoms with E-state index in [1.165, 1.54) is 22.3 Å². The summed E-state index contributed by atoms with van der Waals surface area (Å²) in [5, 5.41) is 3.06. The Morgan fingerprint density at radius 1 is 1.04 bits per heavy atom. The van der Waals surface area contributed by atoms with E-state index in [1.807, 2.05) is 31.2 Å². The van der Waals surface area contributed by atoms with E-state index >= 15 is 0 Å². The van der Waals surface area contributed by atoms with Crippen molar-refractivity contribution in [1.29, 1.82) is 0 Å². The molecule has 0 aliphatic carbocycles. The van der Waals surface area contributed by atoms with Crippen molar-refractivity contribution in [2.45, 2.75) is 40.2 Å². The van der Waals surface area contributed by atoms with Gasteiger partial charge in [-0.2, -0.15) is 0 Å². The van der Waals surface area contributed by atoms with Crippen LogP contribution in [-0.4, -0.2) is 12.5 Å². The normalized spacial score (nSPS) is 11.8. The molecule has 0 aliphatic heterocycles. The molecule has 0 unspecified atom stereocenters. The van der Waals surface area contributed by atoms with Gasteiger partial charge >= 0.3 is 0 Å².